The Morgan fingerprint density at radius 1 is 1.21 bits per heavy atom. The van der Waals surface area contributed by atoms with Crippen molar-refractivity contribution in [3.05, 3.63) is 27.7 Å². The Morgan fingerprint density at radius 3 is 2.46 bits per heavy atom. The number of hydrogen-bond donors (Lipinski definition) is 1. The van der Waals surface area contributed by atoms with Gasteiger partial charge in [0.05, 0.1) is 7.11 Å². The molecule has 0 aromatic carbocycles. The molecule has 0 saturated heterocycles. The molecule has 8 nitrogen and oxygen atoms in total. The number of carbonyl (C=O) groups is 2. The average molecular weight is 338 g/mol. The molecule has 0 bridgehead atoms. The van der Waals surface area contributed by atoms with E-state index in [1.165, 1.54) is 16.6 Å². The summed E-state index contributed by atoms with van der Waals surface area (Å²) >= 11 is 0. The Labute approximate surface area is 139 Å². The maximum atomic E-state index is 12.2. The normalized spacial score (nSPS) is 14.6. The number of rotatable bonds is 1. The number of carbonyl (C=O) groups excluding carboxylic acids is 2. The smallest absolute Gasteiger partial charge is 0.410 e. The number of nitrogens with zero attached hydrogens (tertiary/aromatic N) is 2. The van der Waals surface area contributed by atoms with Crippen LogP contribution in [0.4, 0.5) is 4.79 Å². The molecule has 0 saturated carbocycles. The van der Waals surface area contributed by atoms with Crippen molar-refractivity contribution in [1.82, 2.24) is 9.47 Å². The molecular formula is C16H22N2O6. The predicted octanol–water partition coefficient (Wildman–Crippen LogP) is 1.13. The van der Waals surface area contributed by atoms with Crippen LogP contribution in [0.2, 0.25) is 0 Å². The monoisotopic (exact) mass is 338 g/mol. The van der Waals surface area contributed by atoms with Crippen LogP contribution in [0, 0.1) is 0 Å². The van der Waals surface area contributed by atoms with Crippen LogP contribution in [0.15, 0.2) is 10.9 Å². The van der Waals surface area contributed by atoms with Gasteiger partial charge in [-0.05, 0) is 20.8 Å². The fraction of sp³-hybridized carbons (Fsp3) is 0.562. The Balaban J connectivity index is 2.34. The highest BCUT2D eigenvalue weighted by atomic mass is 16.6. The van der Waals surface area contributed by atoms with Gasteiger partial charge in [-0.1, -0.05) is 0 Å². The third kappa shape index (κ3) is 3.69. The molecule has 1 aliphatic rings. The van der Waals surface area contributed by atoms with Gasteiger partial charge in [0, 0.05) is 37.8 Å². The van der Waals surface area contributed by atoms with Gasteiger partial charge in [0.1, 0.15) is 16.9 Å². The van der Waals surface area contributed by atoms with E-state index in [0.717, 1.165) is 6.07 Å². The fourth-order valence-corrected chi connectivity index (χ4v) is 2.59. The molecule has 1 aliphatic heterocycles. The molecule has 0 atom stereocenters. The summed E-state index contributed by atoms with van der Waals surface area (Å²) in [6.07, 6.45) is -0.250. The van der Waals surface area contributed by atoms with Crippen LogP contribution in [0.5, 0.6) is 5.75 Å². The van der Waals surface area contributed by atoms with Crippen LogP contribution in [-0.2, 0) is 22.4 Å². The lowest BCUT2D eigenvalue weighted by Crippen LogP contribution is -2.38. The van der Waals surface area contributed by atoms with E-state index in [1.54, 1.807) is 20.8 Å². The van der Waals surface area contributed by atoms with Gasteiger partial charge >= 0.3 is 12.1 Å². The molecule has 0 fully saturated rings. The van der Waals surface area contributed by atoms with Crippen molar-refractivity contribution in [3.8, 4) is 5.75 Å². The topological polar surface area (TPSA) is 98.1 Å². The molecule has 24 heavy (non-hydrogen) atoms. The van der Waals surface area contributed by atoms with Gasteiger partial charge < -0.3 is 24.0 Å². The maximum Gasteiger partial charge on any atom is 0.410 e. The summed E-state index contributed by atoms with van der Waals surface area (Å²) in [6.45, 7) is 6.06. The highest BCUT2D eigenvalue weighted by Crippen LogP contribution is 2.23. The molecular weight excluding hydrogens is 316 g/mol. The van der Waals surface area contributed by atoms with E-state index in [1.807, 2.05) is 0 Å². The van der Waals surface area contributed by atoms with E-state index in [4.69, 9.17) is 4.74 Å². The Kier molecular flexibility index (Phi) is 4.86. The van der Waals surface area contributed by atoms with E-state index >= 15 is 0 Å². The summed E-state index contributed by atoms with van der Waals surface area (Å²) in [5, 5.41) is 9.95. The molecule has 1 aromatic rings. The van der Waals surface area contributed by atoms with E-state index in [2.05, 4.69) is 4.74 Å². The van der Waals surface area contributed by atoms with Crippen LogP contribution in [0.25, 0.3) is 0 Å². The summed E-state index contributed by atoms with van der Waals surface area (Å²) in [5.41, 5.74) is -0.732. The second-order valence-electron chi connectivity index (χ2n) is 6.55. The van der Waals surface area contributed by atoms with Crippen LogP contribution in [0.3, 0.4) is 0 Å². The maximum absolute atomic E-state index is 12.2. The van der Waals surface area contributed by atoms with Gasteiger partial charge in [-0.3, -0.25) is 4.79 Å². The molecule has 0 unspecified atom stereocenters. The molecule has 1 amide bonds. The number of amides is 1. The molecule has 1 N–H and O–H groups in total. The van der Waals surface area contributed by atoms with Gasteiger partial charge in [-0.25, -0.2) is 9.59 Å². The van der Waals surface area contributed by atoms with Crippen LogP contribution >= 0.6 is 0 Å². The van der Waals surface area contributed by atoms with Crippen LogP contribution in [-0.4, -0.2) is 52.4 Å². The van der Waals surface area contributed by atoms with Crippen molar-refractivity contribution in [2.24, 2.45) is 0 Å². The first-order valence-corrected chi connectivity index (χ1v) is 7.66. The number of pyridine rings is 1. The van der Waals surface area contributed by atoms with Crippen LogP contribution < -0.4 is 5.56 Å². The summed E-state index contributed by atoms with van der Waals surface area (Å²) in [7, 11) is 1.20. The molecule has 1 aromatic heterocycles. The first-order chi connectivity index (χ1) is 11.1. The number of hydrogen-bond acceptors (Lipinski definition) is 6. The summed E-state index contributed by atoms with van der Waals surface area (Å²) in [6, 6.07) is 0.985. The minimum Gasteiger partial charge on any atom is -0.507 e. The molecule has 0 spiro atoms. The third-order valence-electron chi connectivity index (χ3n) is 3.65. The summed E-state index contributed by atoms with van der Waals surface area (Å²) < 4.78 is 11.4. The summed E-state index contributed by atoms with van der Waals surface area (Å²) in [4.78, 5) is 37.8. The van der Waals surface area contributed by atoms with Crippen molar-refractivity contribution < 1.29 is 24.2 Å². The highest BCUT2D eigenvalue weighted by molar-refractivity contribution is 5.93. The lowest BCUT2D eigenvalue weighted by molar-refractivity contribution is 0.0254. The van der Waals surface area contributed by atoms with E-state index in [0.29, 0.717) is 5.69 Å². The zero-order valence-electron chi connectivity index (χ0n) is 14.3. The first-order valence-electron chi connectivity index (χ1n) is 7.66. The van der Waals surface area contributed by atoms with E-state index in [-0.39, 0.29) is 31.6 Å². The van der Waals surface area contributed by atoms with Gasteiger partial charge in [-0.2, -0.15) is 0 Å². The first kappa shape index (κ1) is 17.8. The number of methoxy groups -OCH3 is 1. The minimum atomic E-state index is -0.720. The number of ether oxygens (including phenoxy) is 2. The van der Waals surface area contributed by atoms with Crippen molar-refractivity contribution >= 4 is 12.1 Å². The summed E-state index contributed by atoms with van der Waals surface area (Å²) in [5.74, 6) is -1.13. The van der Waals surface area contributed by atoms with Gasteiger partial charge in [-0.15, -0.1) is 0 Å². The van der Waals surface area contributed by atoms with Crippen molar-refractivity contribution in [2.75, 3.05) is 20.2 Å². The Morgan fingerprint density at radius 2 is 1.88 bits per heavy atom. The second kappa shape index (κ2) is 6.54. The zero-order valence-corrected chi connectivity index (χ0v) is 14.3. The third-order valence-corrected chi connectivity index (χ3v) is 3.65. The van der Waals surface area contributed by atoms with Crippen LogP contribution in [0.1, 0.15) is 36.8 Å². The molecule has 0 radical (unpaired) electrons. The molecule has 2 rings (SSSR count). The second-order valence-corrected chi connectivity index (χ2v) is 6.55. The number of aromatic hydroxyl groups is 1. The largest absolute Gasteiger partial charge is 0.507 e. The molecule has 8 heteroatoms. The van der Waals surface area contributed by atoms with Gasteiger partial charge in [0.2, 0.25) is 0 Å². The van der Waals surface area contributed by atoms with E-state index < -0.39 is 29.0 Å². The predicted molar refractivity (Wildman–Crippen MR) is 85.2 cm³/mol. The molecule has 0 aliphatic carbocycles. The lowest BCUT2D eigenvalue weighted by atomic mass is 10.1. The average Bonchev–Trinajstić information content (AvgIpc) is 2.68. The highest BCUT2D eigenvalue weighted by Gasteiger charge is 2.28. The number of esters is 1. The van der Waals surface area contributed by atoms with Crippen molar-refractivity contribution in [2.45, 2.75) is 39.3 Å². The quantitative estimate of drug-likeness (QED) is 0.771. The van der Waals surface area contributed by atoms with Gasteiger partial charge in [0.15, 0.2) is 0 Å². The lowest BCUT2D eigenvalue weighted by Gasteiger charge is -2.26. The Hall–Kier alpha value is -2.51. The van der Waals surface area contributed by atoms with Crippen molar-refractivity contribution in [1.29, 1.82) is 0 Å². The van der Waals surface area contributed by atoms with Crippen molar-refractivity contribution in [3.63, 3.8) is 0 Å². The number of fused-ring (bicyclic) bond motifs is 1. The fourth-order valence-electron chi connectivity index (χ4n) is 2.59. The zero-order chi connectivity index (χ0) is 18.1. The standard InChI is InChI=1S/C16H22N2O6/c1-16(2,3)24-15(22)17-6-5-10-13(14(21)23-4)11(19)9-12(20)18(10)8-7-17/h9,19H,5-8H2,1-4H3. The van der Waals surface area contributed by atoms with E-state index in [9.17, 15) is 19.5 Å². The van der Waals surface area contributed by atoms with Gasteiger partial charge in [0.25, 0.3) is 5.56 Å². The Bertz CT molecular complexity index is 717. The SMILES string of the molecule is COC(=O)c1c(O)cc(=O)n2c1CCN(C(=O)OC(C)(C)C)CC2. The molecule has 2 heterocycles. The minimum absolute atomic E-state index is 0.0388. The number of aromatic nitrogens is 1. The molecule has 132 valence electrons.